The number of allylic oxidation sites excluding steroid dienone is 1. The fraction of sp³-hybridized carbons (Fsp3) is 0.233. The van der Waals surface area contributed by atoms with Gasteiger partial charge in [0, 0.05) is 17.1 Å². The lowest BCUT2D eigenvalue weighted by atomic mass is 9.96. The van der Waals surface area contributed by atoms with Crippen molar-refractivity contribution in [2.75, 3.05) is 13.7 Å². The minimum atomic E-state index is -0.688. The highest BCUT2D eigenvalue weighted by atomic mass is 35.5. The third-order valence-corrected chi connectivity index (χ3v) is 8.59. The summed E-state index contributed by atoms with van der Waals surface area (Å²) in [5, 5.41) is 0.950. The second-order valence-electron chi connectivity index (χ2n) is 9.34. The molecule has 2 aromatic heterocycles. The first-order chi connectivity index (χ1) is 19.1. The molecular formula is C30H27Cl2N3O4S. The van der Waals surface area contributed by atoms with E-state index < -0.39 is 12.0 Å². The number of carbonyl (C=O) groups excluding carboxylic acids is 1. The van der Waals surface area contributed by atoms with Crippen LogP contribution in [0.2, 0.25) is 10.0 Å². The lowest BCUT2D eigenvalue weighted by Crippen LogP contribution is -2.39. The molecule has 5 rings (SSSR count). The molecule has 206 valence electrons. The van der Waals surface area contributed by atoms with E-state index in [-0.39, 0.29) is 12.2 Å². The number of halogens is 2. The second kappa shape index (κ2) is 11.1. The van der Waals surface area contributed by atoms with Gasteiger partial charge in [0.2, 0.25) is 0 Å². The highest BCUT2D eigenvalue weighted by molar-refractivity contribution is 7.07. The van der Waals surface area contributed by atoms with Gasteiger partial charge in [-0.05, 0) is 81.3 Å². The minimum absolute atomic E-state index is 0.212. The third kappa shape index (κ3) is 4.91. The van der Waals surface area contributed by atoms with Gasteiger partial charge in [-0.25, -0.2) is 9.79 Å². The first-order valence-corrected chi connectivity index (χ1v) is 14.2. The maximum Gasteiger partial charge on any atom is 0.338 e. The summed E-state index contributed by atoms with van der Waals surface area (Å²) in [7, 11) is 1.59. The van der Waals surface area contributed by atoms with Crippen LogP contribution in [-0.4, -0.2) is 28.8 Å². The van der Waals surface area contributed by atoms with Crippen LogP contribution in [0, 0.1) is 13.8 Å². The summed E-state index contributed by atoms with van der Waals surface area (Å²) in [6, 6.07) is 14.1. The van der Waals surface area contributed by atoms with E-state index in [4.69, 9.17) is 32.7 Å². The lowest BCUT2D eigenvalue weighted by Gasteiger charge is -2.24. The maximum atomic E-state index is 14.0. The van der Waals surface area contributed by atoms with Crippen molar-refractivity contribution in [1.82, 2.24) is 9.13 Å². The van der Waals surface area contributed by atoms with Crippen molar-refractivity contribution in [3.05, 3.63) is 112 Å². The first-order valence-electron chi connectivity index (χ1n) is 12.6. The van der Waals surface area contributed by atoms with Gasteiger partial charge in [0.05, 0.1) is 45.6 Å². The Balaban J connectivity index is 1.68. The number of methoxy groups -OCH3 is 1. The van der Waals surface area contributed by atoms with E-state index in [9.17, 15) is 9.59 Å². The molecular weight excluding hydrogens is 569 g/mol. The average Bonchev–Trinajstić information content (AvgIpc) is 3.38. The molecule has 1 unspecified atom stereocenters. The van der Waals surface area contributed by atoms with Crippen molar-refractivity contribution >= 4 is 46.6 Å². The number of rotatable bonds is 6. The fourth-order valence-electron chi connectivity index (χ4n) is 4.99. The molecule has 0 radical (unpaired) electrons. The molecule has 40 heavy (non-hydrogen) atoms. The topological polar surface area (TPSA) is 74.8 Å². The van der Waals surface area contributed by atoms with E-state index in [1.54, 1.807) is 43.7 Å². The van der Waals surface area contributed by atoms with Crippen molar-refractivity contribution < 1.29 is 14.3 Å². The number of hydrogen-bond acceptors (Lipinski definition) is 6. The second-order valence-corrected chi connectivity index (χ2v) is 11.2. The summed E-state index contributed by atoms with van der Waals surface area (Å²) < 4.78 is 14.8. The van der Waals surface area contributed by atoms with Crippen LogP contribution in [0.3, 0.4) is 0 Å². The molecule has 0 fully saturated rings. The van der Waals surface area contributed by atoms with Gasteiger partial charge in [-0.3, -0.25) is 9.36 Å². The van der Waals surface area contributed by atoms with Gasteiger partial charge < -0.3 is 14.0 Å². The van der Waals surface area contributed by atoms with Crippen molar-refractivity contribution in [3.8, 4) is 11.4 Å². The van der Waals surface area contributed by atoms with Crippen molar-refractivity contribution in [3.63, 3.8) is 0 Å². The summed E-state index contributed by atoms with van der Waals surface area (Å²) in [5.74, 6) is 0.177. The van der Waals surface area contributed by atoms with Gasteiger partial charge in [0.15, 0.2) is 4.80 Å². The Morgan fingerprint density at radius 3 is 2.45 bits per heavy atom. The molecule has 0 amide bonds. The van der Waals surface area contributed by atoms with Crippen LogP contribution < -0.4 is 19.6 Å². The zero-order chi connectivity index (χ0) is 28.7. The van der Waals surface area contributed by atoms with Gasteiger partial charge in [-0.15, -0.1) is 0 Å². The van der Waals surface area contributed by atoms with Crippen molar-refractivity contribution in [1.29, 1.82) is 0 Å². The van der Waals surface area contributed by atoms with Crippen LogP contribution in [0.5, 0.6) is 5.75 Å². The first kappa shape index (κ1) is 28.0. The van der Waals surface area contributed by atoms with E-state index in [0.29, 0.717) is 36.4 Å². The monoisotopic (exact) mass is 595 g/mol. The molecule has 0 aliphatic carbocycles. The lowest BCUT2D eigenvalue weighted by molar-refractivity contribution is -0.139. The molecule has 0 saturated carbocycles. The van der Waals surface area contributed by atoms with Gasteiger partial charge in [-0.1, -0.05) is 46.7 Å². The highest BCUT2D eigenvalue weighted by Gasteiger charge is 2.33. The number of esters is 1. The van der Waals surface area contributed by atoms with E-state index >= 15 is 0 Å². The molecule has 10 heteroatoms. The zero-order valence-corrected chi connectivity index (χ0v) is 24.9. The number of aromatic nitrogens is 2. The molecule has 1 atom stereocenters. The predicted molar refractivity (Wildman–Crippen MR) is 159 cm³/mol. The molecule has 0 N–H and O–H groups in total. The van der Waals surface area contributed by atoms with Gasteiger partial charge in [0.25, 0.3) is 5.56 Å². The number of benzene rings is 2. The number of carbonyl (C=O) groups is 1. The Labute approximate surface area is 245 Å². The van der Waals surface area contributed by atoms with E-state index in [1.165, 1.54) is 11.3 Å². The molecule has 4 aromatic rings. The Kier molecular flexibility index (Phi) is 7.77. The SMILES string of the molecule is CCOC(=O)C1=C(C)N=c2s/c(=C/c3cc(C)n(-c4ccc(Cl)c(Cl)c4)c3C)c(=O)n2C1c1ccc(OC)cc1. The summed E-state index contributed by atoms with van der Waals surface area (Å²) in [6.45, 7) is 7.71. The number of fused-ring (bicyclic) bond motifs is 1. The Morgan fingerprint density at radius 1 is 1.07 bits per heavy atom. The largest absolute Gasteiger partial charge is 0.497 e. The van der Waals surface area contributed by atoms with Gasteiger partial charge in [0.1, 0.15) is 5.75 Å². The van der Waals surface area contributed by atoms with E-state index in [0.717, 1.165) is 28.2 Å². The molecule has 1 aliphatic heterocycles. The van der Waals surface area contributed by atoms with Crippen LogP contribution in [-0.2, 0) is 9.53 Å². The van der Waals surface area contributed by atoms with Crippen LogP contribution in [0.25, 0.3) is 11.8 Å². The molecule has 3 heterocycles. The van der Waals surface area contributed by atoms with Gasteiger partial charge >= 0.3 is 5.97 Å². The number of nitrogens with zero attached hydrogens (tertiary/aromatic N) is 3. The van der Waals surface area contributed by atoms with Crippen molar-refractivity contribution in [2.24, 2.45) is 4.99 Å². The van der Waals surface area contributed by atoms with Crippen molar-refractivity contribution in [2.45, 2.75) is 33.7 Å². The number of thiazole rings is 1. The molecule has 2 aromatic carbocycles. The van der Waals surface area contributed by atoms with Crippen LogP contribution in [0.15, 0.2) is 69.6 Å². The Hall–Kier alpha value is -3.59. The molecule has 0 bridgehead atoms. The number of hydrogen-bond donors (Lipinski definition) is 0. The quantitative estimate of drug-likeness (QED) is 0.275. The van der Waals surface area contributed by atoms with Crippen LogP contribution in [0.4, 0.5) is 0 Å². The molecule has 1 aliphatic rings. The number of ether oxygens (including phenoxy) is 2. The van der Waals surface area contributed by atoms with Gasteiger partial charge in [-0.2, -0.15) is 0 Å². The Morgan fingerprint density at radius 2 is 1.80 bits per heavy atom. The minimum Gasteiger partial charge on any atom is -0.497 e. The summed E-state index contributed by atoms with van der Waals surface area (Å²) in [6.07, 6.45) is 1.87. The molecule has 0 spiro atoms. The summed E-state index contributed by atoms with van der Waals surface area (Å²) in [4.78, 5) is 32.2. The maximum absolute atomic E-state index is 14.0. The standard InChI is InChI=1S/C30H27Cl2N3O4S/c1-6-39-29(37)26-17(3)33-30-35(27(26)19-7-10-22(38-5)11-8-19)28(36)25(40-30)14-20-13-16(2)34(18(20)4)21-9-12-23(31)24(32)15-21/h7-15,27H,6H2,1-5H3/b25-14+. The predicted octanol–water partition coefficient (Wildman–Crippen LogP) is 5.52. The molecule has 0 saturated heterocycles. The van der Waals surface area contributed by atoms with E-state index in [2.05, 4.69) is 9.56 Å². The highest BCUT2D eigenvalue weighted by Crippen LogP contribution is 2.32. The summed E-state index contributed by atoms with van der Waals surface area (Å²) in [5.41, 5.74) is 5.05. The molecule has 7 nitrogen and oxygen atoms in total. The fourth-order valence-corrected chi connectivity index (χ4v) is 6.32. The summed E-state index contributed by atoms with van der Waals surface area (Å²) >= 11 is 13.7. The zero-order valence-electron chi connectivity index (χ0n) is 22.6. The van der Waals surface area contributed by atoms with E-state index in [1.807, 2.05) is 50.3 Å². The third-order valence-electron chi connectivity index (χ3n) is 6.87. The smallest absolute Gasteiger partial charge is 0.338 e. The van der Waals surface area contributed by atoms with Crippen LogP contribution >= 0.6 is 34.5 Å². The Bertz CT molecular complexity index is 1850. The van der Waals surface area contributed by atoms with Crippen LogP contribution in [0.1, 0.15) is 42.4 Å². The normalized spacial score (nSPS) is 15.2. The number of aryl methyl sites for hydroxylation is 1. The average molecular weight is 597 g/mol.